The van der Waals surface area contributed by atoms with Crippen molar-refractivity contribution in [2.45, 2.75) is 70.4 Å². The molecule has 1 N–H and O–H groups in total. The molecule has 3 amide bonds. The SMILES string of the molecule is CS(=O)(=O)OCCCCCCCCCOCC#Cc1ccc2c(c1)CN(C1CCC(=O)NC1=O)C2=O. The molecule has 2 aliphatic heterocycles. The summed E-state index contributed by atoms with van der Waals surface area (Å²) < 4.78 is 32.0. The number of piperidine rings is 1. The maximum atomic E-state index is 12.7. The number of hydrogen-bond donors (Lipinski definition) is 1. The van der Waals surface area contributed by atoms with E-state index >= 15 is 0 Å². The van der Waals surface area contributed by atoms with Crippen molar-refractivity contribution in [1.29, 1.82) is 0 Å². The van der Waals surface area contributed by atoms with Crippen LogP contribution in [0.5, 0.6) is 0 Å². The van der Waals surface area contributed by atoms with E-state index in [9.17, 15) is 22.8 Å². The molecule has 0 bridgehead atoms. The molecular formula is C26H34N2O7S. The summed E-state index contributed by atoms with van der Waals surface area (Å²) in [6, 6.07) is 4.80. The molecule has 0 aromatic heterocycles. The van der Waals surface area contributed by atoms with Gasteiger partial charge in [-0.05, 0) is 43.0 Å². The van der Waals surface area contributed by atoms with Gasteiger partial charge in [0.15, 0.2) is 0 Å². The van der Waals surface area contributed by atoms with Gasteiger partial charge in [-0.1, -0.05) is 43.9 Å². The monoisotopic (exact) mass is 518 g/mol. The van der Waals surface area contributed by atoms with Gasteiger partial charge in [0.05, 0.1) is 12.9 Å². The Morgan fingerprint density at radius 2 is 1.72 bits per heavy atom. The van der Waals surface area contributed by atoms with Gasteiger partial charge in [0.25, 0.3) is 16.0 Å². The standard InChI is InChI=1S/C26H34N2O7S/c1-36(32,33)35-17-8-6-4-2-3-5-7-15-34-16-9-10-20-11-12-22-21(18-20)19-28(26(22)31)23-13-14-24(29)27-25(23)30/h11-12,18,23H,2-8,13-17,19H2,1H3,(H,27,29,30). The number of nitrogens with one attached hydrogen (secondary N) is 1. The Labute approximate surface area is 213 Å². The van der Waals surface area contributed by atoms with Gasteiger partial charge in [-0.15, -0.1) is 0 Å². The smallest absolute Gasteiger partial charge is 0.264 e. The largest absolute Gasteiger partial charge is 0.369 e. The van der Waals surface area contributed by atoms with Gasteiger partial charge < -0.3 is 9.64 Å². The van der Waals surface area contributed by atoms with E-state index in [4.69, 9.17) is 8.92 Å². The van der Waals surface area contributed by atoms with Crippen molar-refractivity contribution < 1.29 is 31.7 Å². The molecule has 1 saturated heterocycles. The predicted octanol–water partition coefficient (Wildman–Crippen LogP) is 2.52. The number of ether oxygens (including phenoxy) is 1. The summed E-state index contributed by atoms with van der Waals surface area (Å²) in [5.41, 5.74) is 2.20. The number of amides is 3. The Kier molecular flexibility index (Phi) is 10.5. The van der Waals surface area contributed by atoms with E-state index in [0.29, 0.717) is 31.7 Å². The molecule has 2 aliphatic rings. The van der Waals surface area contributed by atoms with Crippen molar-refractivity contribution in [3.8, 4) is 11.8 Å². The Morgan fingerprint density at radius 3 is 2.42 bits per heavy atom. The number of imide groups is 1. The molecular weight excluding hydrogens is 484 g/mol. The summed E-state index contributed by atoms with van der Waals surface area (Å²) in [6.45, 7) is 1.58. The van der Waals surface area contributed by atoms with Crippen LogP contribution in [0.2, 0.25) is 0 Å². The van der Waals surface area contributed by atoms with Crippen LogP contribution in [0.15, 0.2) is 18.2 Å². The number of unbranched alkanes of at least 4 members (excludes halogenated alkanes) is 6. The van der Waals surface area contributed by atoms with Crippen molar-refractivity contribution in [3.05, 3.63) is 34.9 Å². The fourth-order valence-corrected chi connectivity index (χ4v) is 4.73. The number of fused-ring (bicyclic) bond motifs is 1. The molecule has 1 aromatic carbocycles. The first-order chi connectivity index (χ1) is 17.2. The van der Waals surface area contributed by atoms with E-state index in [1.165, 1.54) is 4.90 Å². The molecule has 1 unspecified atom stereocenters. The lowest BCUT2D eigenvalue weighted by atomic mass is 10.0. The quantitative estimate of drug-likeness (QED) is 0.184. The van der Waals surface area contributed by atoms with E-state index in [0.717, 1.165) is 62.3 Å². The number of carbonyl (C=O) groups is 3. The van der Waals surface area contributed by atoms with Crippen LogP contribution in [0, 0.1) is 11.8 Å². The van der Waals surface area contributed by atoms with E-state index in [1.54, 1.807) is 12.1 Å². The Morgan fingerprint density at radius 1 is 1.03 bits per heavy atom. The predicted molar refractivity (Wildman–Crippen MR) is 133 cm³/mol. The second kappa shape index (κ2) is 13.5. The van der Waals surface area contributed by atoms with Gasteiger partial charge in [0.1, 0.15) is 12.6 Å². The highest BCUT2D eigenvalue weighted by Gasteiger charge is 2.38. The highest BCUT2D eigenvalue weighted by Crippen LogP contribution is 2.28. The highest BCUT2D eigenvalue weighted by molar-refractivity contribution is 7.85. The van der Waals surface area contributed by atoms with E-state index in [-0.39, 0.29) is 24.8 Å². The summed E-state index contributed by atoms with van der Waals surface area (Å²) in [5, 5.41) is 2.31. The fourth-order valence-electron chi connectivity index (χ4n) is 4.31. The average Bonchev–Trinajstić information content (AvgIpc) is 3.14. The number of hydrogen-bond acceptors (Lipinski definition) is 7. The minimum Gasteiger partial charge on any atom is -0.369 e. The molecule has 9 nitrogen and oxygen atoms in total. The van der Waals surface area contributed by atoms with Crippen LogP contribution in [-0.4, -0.2) is 63.2 Å². The first-order valence-electron chi connectivity index (χ1n) is 12.4. The van der Waals surface area contributed by atoms with Crippen LogP contribution in [-0.2, 0) is 35.2 Å². The Hall–Kier alpha value is -2.74. The molecule has 1 atom stereocenters. The van der Waals surface area contributed by atoms with Gasteiger partial charge >= 0.3 is 0 Å². The molecule has 0 aliphatic carbocycles. The van der Waals surface area contributed by atoms with Gasteiger partial charge in [0.2, 0.25) is 11.8 Å². The molecule has 36 heavy (non-hydrogen) atoms. The molecule has 1 fully saturated rings. The average molecular weight is 519 g/mol. The minimum absolute atomic E-state index is 0.191. The summed E-state index contributed by atoms with van der Waals surface area (Å²) >= 11 is 0. The minimum atomic E-state index is -3.33. The van der Waals surface area contributed by atoms with Gasteiger partial charge in [-0.25, -0.2) is 0 Å². The highest BCUT2D eigenvalue weighted by atomic mass is 32.2. The molecule has 196 valence electrons. The number of rotatable bonds is 13. The van der Waals surface area contributed by atoms with Crippen LogP contribution in [0.1, 0.15) is 79.3 Å². The summed E-state index contributed by atoms with van der Waals surface area (Å²) in [4.78, 5) is 37.8. The van der Waals surface area contributed by atoms with Crippen LogP contribution in [0.3, 0.4) is 0 Å². The molecule has 2 heterocycles. The summed E-state index contributed by atoms with van der Waals surface area (Å²) in [6.07, 6.45) is 8.71. The van der Waals surface area contributed by atoms with Gasteiger partial charge in [0, 0.05) is 30.7 Å². The molecule has 1 aromatic rings. The molecule has 10 heteroatoms. The van der Waals surface area contributed by atoms with Crippen molar-refractivity contribution in [3.63, 3.8) is 0 Å². The fraction of sp³-hybridized carbons (Fsp3) is 0.577. The van der Waals surface area contributed by atoms with Gasteiger partial charge in [-0.3, -0.25) is 23.9 Å². The third-order valence-electron chi connectivity index (χ3n) is 6.16. The molecule has 3 rings (SSSR count). The van der Waals surface area contributed by atoms with E-state index < -0.39 is 22.1 Å². The lowest BCUT2D eigenvalue weighted by Gasteiger charge is -2.29. The number of carbonyl (C=O) groups excluding carboxylic acids is 3. The van der Waals surface area contributed by atoms with E-state index in [1.807, 2.05) is 6.07 Å². The van der Waals surface area contributed by atoms with Crippen molar-refractivity contribution in [2.24, 2.45) is 0 Å². The zero-order valence-electron chi connectivity index (χ0n) is 20.7. The Bertz CT molecular complexity index is 1120. The molecule has 0 spiro atoms. The van der Waals surface area contributed by atoms with E-state index in [2.05, 4.69) is 17.2 Å². The Balaban J connectivity index is 1.29. The first-order valence-corrected chi connectivity index (χ1v) is 14.2. The van der Waals surface area contributed by atoms with Crippen LogP contribution in [0.25, 0.3) is 0 Å². The normalized spacial score (nSPS) is 17.5. The van der Waals surface area contributed by atoms with Crippen LogP contribution < -0.4 is 5.32 Å². The van der Waals surface area contributed by atoms with Crippen molar-refractivity contribution >= 4 is 27.8 Å². The topological polar surface area (TPSA) is 119 Å². The lowest BCUT2D eigenvalue weighted by Crippen LogP contribution is -2.52. The first kappa shape index (κ1) is 27.8. The molecule has 0 radical (unpaired) electrons. The molecule has 0 saturated carbocycles. The maximum Gasteiger partial charge on any atom is 0.264 e. The zero-order valence-corrected chi connectivity index (χ0v) is 21.5. The maximum absolute atomic E-state index is 12.7. The summed E-state index contributed by atoms with van der Waals surface area (Å²) in [5.74, 6) is 5.17. The second-order valence-corrected chi connectivity index (χ2v) is 10.8. The van der Waals surface area contributed by atoms with Crippen LogP contribution >= 0.6 is 0 Å². The number of nitrogens with zero attached hydrogens (tertiary/aromatic N) is 1. The van der Waals surface area contributed by atoms with Gasteiger partial charge in [-0.2, -0.15) is 8.42 Å². The zero-order chi connectivity index (χ0) is 26.0. The van der Waals surface area contributed by atoms with Crippen molar-refractivity contribution in [1.82, 2.24) is 10.2 Å². The second-order valence-electron chi connectivity index (χ2n) is 9.13. The van der Waals surface area contributed by atoms with Crippen LogP contribution in [0.4, 0.5) is 0 Å². The number of benzene rings is 1. The van der Waals surface area contributed by atoms with Crippen molar-refractivity contribution in [2.75, 3.05) is 26.1 Å². The third-order valence-corrected chi connectivity index (χ3v) is 6.76. The lowest BCUT2D eigenvalue weighted by molar-refractivity contribution is -0.136. The summed E-state index contributed by atoms with van der Waals surface area (Å²) in [7, 11) is -3.33. The third kappa shape index (κ3) is 8.73.